The van der Waals surface area contributed by atoms with Gasteiger partial charge >= 0.3 is 0 Å². The standard InChI is InChI=1S/C17H20N4OS/c1-12-11-13-16(21-9-7-20(2)8-10-21)18-14-5-3-4-6-15(14)19-17(13)23(12)22/h3-6,11,19H,7-10H2,1-2H3. The van der Waals surface area contributed by atoms with Gasteiger partial charge in [-0.15, -0.1) is 0 Å². The summed E-state index contributed by atoms with van der Waals surface area (Å²) in [5.41, 5.74) is 2.79. The lowest BCUT2D eigenvalue weighted by Gasteiger charge is -2.34. The first kappa shape index (κ1) is 14.7. The van der Waals surface area contributed by atoms with Crippen molar-refractivity contribution in [2.45, 2.75) is 6.92 Å². The number of benzene rings is 1. The predicted molar refractivity (Wildman–Crippen MR) is 95.2 cm³/mol. The molecule has 0 bridgehead atoms. The van der Waals surface area contributed by atoms with Crippen molar-refractivity contribution in [3.8, 4) is 0 Å². The van der Waals surface area contributed by atoms with E-state index in [0.717, 1.165) is 58.9 Å². The van der Waals surface area contributed by atoms with Gasteiger partial charge in [-0.05, 0) is 32.2 Å². The van der Waals surface area contributed by atoms with Gasteiger partial charge in [0.25, 0.3) is 0 Å². The Hall–Kier alpha value is -1.92. The van der Waals surface area contributed by atoms with Gasteiger partial charge in [0, 0.05) is 31.1 Å². The van der Waals surface area contributed by atoms with Crippen LogP contribution in [0.15, 0.2) is 50.8 Å². The van der Waals surface area contributed by atoms with Crippen LogP contribution in [0, 0.1) is 0 Å². The molecule has 3 aliphatic rings. The second kappa shape index (κ2) is 5.62. The Kier molecular flexibility index (Phi) is 3.58. The quantitative estimate of drug-likeness (QED) is 0.794. The van der Waals surface area contributed by atoms with Crippen LogP contribution in [0.3, 0.4) is 0 Å². The van der Waals surface area contributed by atoms with Crippen molar-refractivity contribution in [3.05, 3.63) is 45.8 Å². The Balaban J connectivity index is 1.82. The number of para-hydroxylation sites is 2. The number of nitrogens with one attached hydrogen (secondary N) is 1. The summed E-state index contributed by atoms with van der Waals surface area (Å²) in [6.45, 7) is 5.83. The number of likely N-dealkylation sites (N-methyl/N-ethyl adjacent to an activating group) is 1. The highest BCUT2D eigenvalue weighted by molar-refractivity contribution is 7.93. The molecular formula is C17H20N4OS. The van der Waals surface area contributed by atoms with Gasteiger partial charge in [-0.25, -0.2) is 9.20 Å². The molecule has 5 nitrogen and oxygen atoms in total. The number of nitrogens with zero attached hydrogens (tertiary/aromatic N) is 3. The van der Waals surface area contributed by atoms with Crippen LogP contribution in [0.1, 0.15) is 6.92 Å². The second-order valence-corrected chi connectivity index (χ2v) is 7.72. The number of rotatable bonds is 0. The average molecular weight is 328 g/mol. The van der Waals surface area contributed by atoms with Gasteiger partial charge in [-0.1, -0.05) is 12.1 Å². The summed E-state index contributed by atoms with van der Waals surface area (Å²) >= 11 is 0. The minimum atomic E-state index is -1.12. The summed E-state index contributed by atoms with van der Waals surface area (Å²) in [5, 5.41) is 4.12. The molecule has 1 fully saturated rings. The number of piperazine rings is 1. The van der Waals surface area contributed by atoms with E-state index in [2.05, 4.69) is 22.2 Å². The smallest absolute Gasteiger partial charge is 0.139 e. The van der Waals surface area contributed by atoms with E-state index in [0.29, 0.717) is 0 Å². The largest absolute Gasteiger partial charge is 0.353 e. The predicted octanol–water partition coefficient (Wildman–Crippen LogP) is 2.27. The third-order valence-corrected chi connectivity index (χ3v) is 5.89. The second-order valence-electron chi connectivity index (χ2n) is 6.13. The minimum absolute atomic E-state index is 0.769. The monoisotopic (exact) mass is 328 g/mol. The van der Waals surface area contributed by atoms with Gasteiger partial charge in [-0.2, -0.15) is 0 Å². The summed E-state index contributed by atoms with van der Waals surface area (Å²) in [6.07, 6.45) is 2.02. The molecule has 0 spiro atoms. The average Bonchev–Trinajstić information content (AvgIpc) is 2.74. The zero-order chi connectivity index (χ0) is 16.0. The van der Waals surface area contributed by atoms with E-state index >= 15 is 0 Å². The van der Waals surface area contributed by atoms with Crippen LogP contribution in [0.25, 0.3) is 0 Å². The van der Waals surface area contributed by atoms with Crippen LogP contribution in [-0.2, 0) is 10.8 Å². The fraction of sp³-hybridized carbons (Fsp3) is 0.353. The topological polar surface area (TPSA) is 47.9 Å². The molecule has 6 heteroatoms. The zero-order valence-electron chi connectivity index (χ0n) is 13.4. The molecule has 120 valence electrons. The van der Waals surface area contributed by atoms with E-state index < -0.39 is 10.8 Å². The molecule has 0 amide bonds. The molecule has 1 aromatic rings. The lowest BCUT2D eigenvalue weighted by molar-refractivity contribution is 0.216. The first-order valence-electron chi connectivity index (χ1n) is 7.86. The molecular weight excluding hydrogens is 308 g/mol. The molecule has 1 unspecified atom stereocenters. The van der Waals surface area contributed by atoms with E-state index in [-0.39, 0.29) is 0 Å². The van der Waals surface area contributed by atoms with Crippen molar-refractivity contribution in [2.24, 2.45) is 4.99 Å². The third-order valence-electron chi connectivity index (χ3n) is 4.49. The van der Waals surface area contributed by atoms with Crippen molar-refractivity contribution >= 4 is 28.0 Å². The van der Waals surface area contributed by atoms with E-state index in [1.807, 2.05) is 37.3 Å². The molecule has 0 radical (unpaired) electrons. The zero-order valence-corrected chi connectivity index (χ0v) is 14.2. The summed E-state index contributed by atoms with van der Waals surface area (Å²) in [6, 6.07) is 7.95. The fourth-order valence-corrected chi connectivity index (χ4v) is 4.20. The lowest BCUT2D eigenvalue weighted by Crippen LogP contribution is -2.47. The number of hydrogen-bond acceptors (Lipinski definition) is 5. The van der Waals surface area contributed by atoms with E-state index in [4.69, 9.17) is 4.99 Å². The van der Waals surface area contributed by atoms with E-state index in [1.54, 1.807) is 0 Å². The maximum Gasteiger partial charge on any atom is 0.139 e. The SMILES string of the molecule is CC1=CC2=C(Nc3ccccc3N=C2N2CCN(C)CC2)S1=O. The molecule has 0 aromatic heterocycles. The summed E-state index contributed by atoms with van der Waals surface area (Å²) in [7, 11) is 1.02. The number of amidine groups is 1. The first-order chi connectivity index (χ1) is 11.1. The molecule has 1 N–H and O–H groups in total. The van der Waals surface area contributed by atoms with Crippen LogP contribution in [-0.4, -0.2) is 53.1 Å². The minimum Gasteiger partial charge on any atom is -0.353 e. The maximum absolute atomic E-state index is 12.6. The Morgan fingerprint density at radius 1 is 1.17 bits per heavy atom. The van der Waals surface area contributed by atoms with Crippen molar-refractivity contribution < 1.29 is 4.21 Å². The molecule has 0 aliphatic carbocycles. The normalized spacial score (nSPS) is 24.4. The Morgan fingerprint density at radius 3 is 2.70 bits per heavy atom. The maximum atomic E-state index is 12.6. The number of aliphatic imine (C=N–C) groups is 1. The van der Waals surface area contributed by atoms with Crippen LogP contribution >= 0.6 is 0 Å². The Bertz CT molecular complexity index is 773. The highest BCUT2D eigenvalue weighted by Gasteiger charge is 2.31. The van der Waals surface area contributed by atoms with Gasteiger partial charge in [0.1, 0.15) is 10.9 Å². The summed E-state index contributed by atoms with van der Waals surface area (Å²) in [5.74, 6) is 0.941. The van der Waals surface area contributed by atoms with Gasteiger partial charge in [-0.3, -0.25) is 0 Å². The molecule has 3 aliphatic heterocycles. The van der Waals surface area contributed by atoms with Gasteiger partial charge in [0.15, 0.2) is 0 Å². The van der Waals surface area contributed by atoms with Crippen molar-refractivity contribution in [2.75, 3.05) is 38.5 Å². The van der Waals surface area contributed by atoms with Crippen LogP contribution in [0.4, 0.5) is 11.4 Å². The summed E-state index contributed by atoms with van der Waals surface area (Å²) in [4.78, 5) is 10.4. The number of fused-ring (bicyclic) bond motifs is 1. The molecule has 4 rings (SSSR count). The Morgan fingerprint density at radius 2 is 1.91 bits per heavy atom. The molecule has 0 saturated carbocycles. The molecule has 1 atom stereocenters. The van der Waals surface area contributed by atoms with Gasteiger partial charge in [0.2, 0.25) is 0 Å². The van der Waals surface area contributed by atoms with Crippen molar-refractivity contribution in [1.82, 2.24) is 9.80 Å². The van der Waals surface area contributed by atoms with Gasteiger partial charge < -0.3 is 15.1 Å². The molecule has 1 saturated heterocycles. The van der Waals surface area contributed by atoms with E-state index in [1.165, 1.54) is 0 Å². The highest BCUT2D eigenvalue weighted by atomic mass is 32.2. The van der Waals surface area contributed by atoms with Gasteiger partial charge in [0.05, 0.1) is 27.7 Å². The molecule has 23 heavy (non-hydrogen) atoms. The highest BCUT2D eigenvalue weighted by Crippen LogP contribution is 2.36. The number of allylic oxidation sites excluding steroid dienone is 1. The van der Waals surface area contributed by atoms with Crippen LogP contribution in [0.5, 0.6) is 0 Å². The third kappa shape index (κ3) is 2.52. The number of anilines is 1. The van der Waals surface area contributed by atoms with Crippen LogP contribution in [0.2, 0.25) is 0 Å². The van der Waals surface area contributed by atoms with Crippen molar-refractivity contribution in [3.63, 3.8) is 0 Å². The molecule has 1 aromatic carbocycles. The first-order valence-corrected chi connectivity index (χ1v) is 9.01. The van der Waals surface area contributed by atoms with E-state index in [9.17, 15) is 4.21 Å². The van der Waals surface area contributed by atoms with Crippen LogP contribution < -0.4 is 5.32 Å². The number of hydrogen-bond donors (Lipinski definition) is 1. The van der Waals surface area contributed by atoms with Crippen molar-refractivity contribution in [1.29, 1.82) is 0 Å². The lowest BCUT2D eigenvalue weighted by atomic mass is 10.2. The molecule has 3 heterocycles. The summed E-state index contributed by atoms with van der Waals surface area (Å²) < 4.78 is 12.6. The Labute approximate surface area is 138 Å². The fourth-order valence-electron chi connectivity index (χ4n) is 3.10.